The van der Waals surface area contributed by atoms with Crippen LogP contribution in [0.1, 0.15) is 11.4 Å². The highest BCUT2D eigenvalue weighted by atomic mass is 35.5. The first-order chi connectivity index (χ1) is 15.2. The SMILES string of the molecule is Cc1cc(C)nc(NS(=O)(=O)c2ccc(Nc3nc(-c4ccc(F)cc4F)cs3)cc2)n1.Cl. The van der Waals surface area contributed by atoms with E-state index in [-0.39, 0.29) is 28.8 Å². The van der Waals surface area contributed by atoms with Gasteiger partial charge in [0.15, 0.2) is 5.13 Å². The van der Waals surface area contributed by atoms with Gasteiger partial charge in [0.1, 0.15) is 11.6 Å². The smallest absolute Gasteiger partial charge is 0.264 e. The Hall–Kier alpha value is -3.15. The fourth-order valence-corrected chi connectivity index (χ4v) is 4.62. The predicted molar refractivity (Wildman–Crippen MR) is 127 cm³/mol. The summed E-state index contributed by atoms with van der Waals surface area (Å²) in [4.78, 5) is 12.5. The van der Waals surface area contributed by atoms with E-state index in [2.05, 4.69) is 25.0 Å². The number of aromatic nitrogens is 3. The molecule has 4 aromatic rings. The van der Waals surface area contributed by atoms with Crippen LogP contribution in [0, 0.1) is 25.5 Å². The molecule has 0 radical (unpaired) electrons. The van der Waals surface area contributed by atoms with Gasteiger partial charge in [0.25, 0.3) is 10.0 Å². The number of sulfonamides is 1. The standard InChI is InChI=1S/C21H17F2N5O2S2.ClH/c1-12-9-13(2)25-20(24-12)28-32(29,30)16-6-4-15(5-7-16)26-21-27-19(11-31-21)17-8-3-14(22)10-18(17)23;/h3-11H,1-2H3,(H,26,27)(H,24,25,28);1H. The monoisotopic (exact) mass is 509 g/mol. The number of rotatable bonds is 6. The molecule has 7 nitrogen and oxygen atoms in total. The van der Waals surface area contributed by atoms with Gasteiger partial charge in [0.05, 0.1) is 10.6 Å². The number of halogens is 3. The molecule has 0 aliphatic rings. The molecule has 0 atom stereocenters. The molecule has 0 unspecified atom stereocenters. The molecule has 0 amide bonds. The Morgan fingerprint density at radius 1 is 0.909 bits per heavy atom. The first-order valence-corrected chi connectivity index (χ1v) is 11.7. The maximum Gasteiger partial charge on any atom is 0.264 e. The molecule has 33 heavy (non-hydrogen) atoms. The summed E-state index contributed by atoms with van der Waals surface area (Å²) >= 11 is 1.24. The maximum atomic E-state index is 14.0. The van der Waals surface area contributed by atoms with Crippen LogP contribution in [0.25, 0.3) is 11.3 Å². The number of nitrogens with zero attached hydrogens (tertiary/aromatic N) is 3. The topological polar surface area (TPSA) is 96.9 Å². The Balaban J connectivity index is 0.00000306. The van der Waals surface area contributed by atoms with Crippen molar-refractivity contribution in [1.29, 1.82) is 0 Å². The van der Waals surface area contributed by atoms with Crippen molar-refractivity contribution in [3.05, 3.63) is 76.9 Å². The van der Waals surface area contributed by atoms with Gasteiger partial charge in [-0.15, -0.1) is 23.7 Å². The van der Waals surface area contributed by atoms with Crippen molar-refractivity contribution in [1.82, 2.24) is 15.0 Å². The molecule has 2 aromatic heterocycles. The van der Waals surface area contributed by atoms with E-state index in [9.17, 15) is 17.2 Å². The Labute approximate surface area is 199 Å². The largest absolute Gasteiger partial charge is 0.332 e. The summed E-state index contributed by atoms with van der Waals surface area (Å²) in [7, 11) is -3.86. The first-order valence-electron chi connectivity index (χ1n) is 9.33. The van der Waals surface area contributed by atoms with Crippen molar-refractivity contribution in [3.63, 3.8) is 0 Å². The van der Waals surface area contributed by atoms with E-state index in [1.165, 1.54) is 35.6 Å². The minimum absolute atomic E-state index is 0. The van der Waals surface area contributed by atoms with Crippen molar-refractivity contribution < 1.29 is 17.2 Å². The zero-order chi connectivity index (χ0) is 22.9. The van der Waals surface area contributed by atoms with E-state index in [1.54, 1.807) is 37.4 Å². The van der Waals surface area contributed by atoms with Gasteiger partial charge in [-0.1, -0.05) is 0 Å². The van der Waals surface area contributed by atoms with E-state index < -0.39 is 21.7 Å². The normalized spacial score (nSPS) is 11.0. The van der Waals surface area contributed by atoms with Gasteiger partial charge >= 0.3 is 0 Å². The average molecular weight is 510 g/mol. The molecule has 0 saturated heterocycles. The second kappa shape index (κ2) is 9.77. The van der Waals surface area contributed by atoms with Crippen molar-refractivity contribution in [2.75, 3.05) is 10.0 Å². The molecular weight excluding hydrogens is 492 g/mol. The number of thiazole rings is 1. The van der Waals surface area contributed by atoms with Crippen LogP contribution in [0.2, 0.25) is 0 Å². The van der Waals surface area contributed by atoms with Crippen LogP contribution in [0.15, 0.2) is 58.8 Å². The quantitative estimate of drug-likeness (QED) is 0.358. The van der Waals surface area contributed by atoms with E-state index in [0.717, 1.165) is 6.07 Å². The molecule has 0 fully saturated rings. The van der Waals surface area contributed by atoms with Crippen LogP contribution >= 0.6 is 23.7 Å². The van der Waals surface area contributed by atoms with Crippen LogP contribution in [-0.2, 0) is 10.0 Å². The molecule has 0 aliphatic carbocycles. The van der Waals surface area contributed by atoms with Crippen LogP contribution in [0.5, 0.6) is 0 Å². The van der Waals surface area contributed by atoms with Crippen molar-refractivity contribution in [2.45, 2.75) is 18.7 Å². The van der Waals surface area contributed by atoms with Gasteiger partial charge in [-0.05, 0) is 56.3 Å². The van der Waals surface area contributed by atoms with Crippen molar-refractivity contribution in [3.8, 4) is 11.3 Å². The highest BCUT2D eigenvalue weighted by Crippen LogP contribution is 2.29. The second-order valence-electron chi connectivity index (χ2n) is 6.89. The predicted octanol–water partition coefficient (Wildman–Crippen LogP) is 5.46. The minimum Gasteiger partial charge on any atom is -0.332 e. The van der Waals surface area contributed by atoms with Gasteiger partial charge in [-0.2, -0.15) is 0 Å². The summed E-state index contributed by atoms with van der Waals surface area (Å²) in [6.07, 6.45) is 0. The molecule has 172 valence electrons. The van der Waals surface area contributed by atoms with Crippen molar-refractivity contribution in [2.24, 2.45) is 0 Å². The fraction of sp³-hybridized carbons (Fsp3) is 0.0952. The minimum atomic E-state index is -3.86. The highest BCUT2D eigenvalue weighted by molar-refractivity contribution is 7.92. The van der Waals surface area contributed by atoms with Gasteiger partial charge in [0, 0.05) is 34.1 Å². The summed E-state index contributed by atoms with van der Waals surface area (Å²) in [5.41, 5.74) is 2.45. The van der Waals surface area contributed by atoms with Gasteiger partial charge in [-0.3, -0.25) is 0 Å². The number of hydrogen-bond donors (Lipinski definition) is 2. The highest BCUT2D eigenvalue weighted by Gasteiger charge is 2.16. The zero-order valence-corrected chi connectivity index (χ0v) is 19.8. The van der Waals surface area contributed by atoms with Crippen molar-refractivity contribution >= 4 is 50.5 Å². The summed E-state index contributed by atoms with van der Waals surface area (Å²) in [5, 5.41) is 5.16. The zero-order valence-electron chi connectivity index (χ0n) is 17.3. The maximum absolute atomic E-state index is 14.0. The third-order valence-electron chi connectivity index (χ3n) is 4.34. The van der Waals surface area contributed by atoms with Gasteiger partial charge in [-0.25, -0.2) is 36.9 Å². The second-order valence-corrected chi connectivity index (χ2v) is 9.43. The Morgan fingerprint density at radius 2 is 1.58 bits per heavy atom. The molecular formula is C21H18ClF2N5O2S2. The number of nitrogens with one attached hydrogen (secondary N) is 2. The molecule has 2 aromatic carbocycles. The van der Waals surface area contributed by atoms with Gasteiger partial charge in [0.2, 0.25) is 5.95 Å². The molecule has 0 spiro atoms. The summed E-state index contributed by atoms with van der Waals surface area (Å²) in [6, 6.07) is 11.1. The van der Waals surface area contributed by atoms with E-state index in [0.29, 0.717) is 27.9 Å². The lowest BCUT2D eigenvalue weighted by Crippen LogP contribution is -2.15. The number of hydrogen-bond acceptors (Lipinski definition) is 7. The molecule has 0 bridgehead atoms. The van der Waals surface area contributed by atoms with Gasteiger partial charge < -0.3 is 5.32 Å². The number of anilines is 3. The Morgan fingerprint density at radius 3 is 2.21 bits per heavy atom. The Kier molecular flexibility index (Phi) is 7.25. The third kappa shape index (κ3) is 5.81. The number of benzene rings is 2. The average Bonchev–Trinajstić information content (AvgIpc) is 3.15. The van der Waals surface area contributed by atoms with E-state index >= 15 is 0 Å². The number of aryl methyl sites for hydroxylation is 2. The lowest BCUT2D eigenvalue weighted by Gasteiger charge is -2.09. The molecule has 0 aliphatic heterocycles. The first kappa shape index (κ1) is 24.5. The lowest BCUT2D eigenvalue weighted by molar-refractivity contribution is 0.585. The lowest BCUT2D eigenvalue weighted by atomic mass is 10.1. The summed E-state index contributed by atoms with van der Waals surface area (Å²) < 4.78 is 54.7. The summed E-state index contributed by atoms with van der Waals surface area (Å²) in [5.74, 6) is -1.35. The third-order valence-corrected chi connectivity index (χ3v) is 6.44. The molecule has 12 heteroatoms. The van der Waals surface area contributed by atoms with Crippen LogP contribution in [0.4, 0.5) is 25.5 Å². The van der Waals surface area contributed by atoms with Crippen LogP contribution in [0.3, 0.4) is 0 Å². The van der Waals surface area contributed by atoms with Crippen LogP contribution in [-0.4, -0.2) is 23.4 Å². The van der Waals surface area contributed by atoms with E-state index in [4.69, 9.17) is 0 Å². The van der Waals surface area contributed by atoms with E-state index in [1.807, 2.05) is 0 Å². The molecule has 0 saturated carbocycles. The summed E-state index contributed by atoms with van der Waals surface area (Å²) in [6.45, 7) is 3.50. The molecule has 4 rings (SSSR count). The fourth-order valence-electron chi connectivity index (χ4n) is 2.94. The molecule has 2 heterocycles. The molecule has 2 N–H and O–H groups in total. The Bertz CT molecular complexity index is 1380. The van der Waals surface area contributed by atoms with Crippen LogP contribution < -0.4 is 10.0 Å².